The Morgan fingerprint density at radius 1 is 1.25 bits per heavy atom. The van der Waals surface area contributed by atoms with Gasteiger partial charge in [-0.2, -0.15) is 5.10 Å². The third-order valence-corrected chi connectivity index (χ3v) is 3.99. The molecule has 0 aromatic carbocycles. The molecule has 90 valence electrons. The molecule has 1 aromatic heterocycles. The molecule has 1 aliphatic rings. The van der Waals surface area contributed by atoms with E-state index in [1.54, 1.807) is 0 Å². The van der Waals surface area contributed by atoms with Crippen molar-refractivity contribution in [2.24, 2.45) is 5.92 Å². The summed E-state index contributed by atoms with van der Waals surface area (Å²) in [6.45, 7) is 11.3. The number of hydrogen-bond donors (Lipinski definition) is 0. The van der Waals surface area contributed by atoms with E-state index in [0.717, 1.165) is 5.92 Å². The molecule has 2 nitrogen and oxygen atoms in total. The zero-order chi connectivity index (χ0) is 11.9. The number of aryl methyl sites for hydroxylation is 1. The molecule has 0 N–H and O–H groups in total. The largest absolute Gasteiger partial charge is 0.266 e. The van der Waals surface area contributed by atoms with Gasteiger partial charge in [-0.3, -0.25) is 4.68 Å². The van der Waals surface area contributed by atoms with Crippen molar-refractivity contribution in [3.8, 4) is 0 Å². The third-order valence-electron chi connectivity index (χ3n) is 3.99. The second-order valence-corrected chi connectivity index (χ2v) is 5.77. The van der Waals surface area contributed by atoms with Crippen LogP contribution in [0.1, 0.15) is 68.9 Å². The molecule has 1 saturated carbocycles. The van der Waals surface area contributed by atoms with E-state index in [1.807, 2.05) is 0 Å². The van der Waals surface area contributed by atoms with Crippen molar-refractivity contribution in [3.63, 3.8) is 0 Å². The minimum Gasteiger partial charge on any atom is -0.266 e. The fourth-order valence-corrected chi connectivity index (χ4v) is 3.02. The summed E-state index contributed by atoms with van der Waals surface area (Å²) in [5.74, 6) is 1.45. The quantitative estimate of drug-likeness (QED) is 0.737. The molecule has 1 fully saturated rings. The second-order valence-electron chi connectivity index (χ2n) is 5.77. The van der Waals surface area contributed by atoms with Gasteiger partial charge >= 0.3 is 0 Å². The molecule has 2 unspecified atom stereocenters. The highest BCUT2D eigenvalue weighted by molar-refractivity contribution is 5.26. The Labute approximate surface area is 99.0 Å². The Balaban J connectivity index is 2.36. The molecule has 1 aliphatic carbocycles. The summed E-state index contributed by atoms with van der Waals surface area (Å²) >= 11 is 0. The zero-order valence-corrected chi connectivity index (χ0v) is 11.2. The number of aromatic nitrogens is 2. The van der Waals surface area contributed by atoms with Gasteiger partial charge in [0.05, 0.1) is 11.7 Å². The van der Waals surface area contributed by atoms with Gasteiger partial charge in [-0.25, -0.2) is 0 Å². The SMILES string of the molecule is Cc1nn(C2CCC(C)C2)c(C(C)C)c1C. The molecule has 0 spiro atoms. The molecule has 0 saturated heterocycles. The highest BCUT2D eigenvalue weighted by atomic mass is 15.3. The van der Waals surface area contributed by atoms with Crippen LogP contribution in [0.15, 0.2) is 0 Å². The van der Waals surface area contributed by atoms with Crippen LogP contribution >= 0.6 is 0 Å². The van der Waals surface area contributed by atoms with Crippen molar-refractivity contribution in [2.75, 3.05) is 0 Å². The Bertz CT molecular complexity index is 376. The lowest BCUT2D eigenvalue weighted by atomic mass is 10.0. The van der Waals surface area contributed by atoms with Gasteiger partial charge in [-0.15, -0.1) is 0 Å². The molecule has 2 rings (SSSR count). The number of rotatable bonds is 2. The summed E-state index contributed by atoms with van der Waals surface area (Å²) in [6.07, 6.45) is 3.97. The summed E-state index contributed by atoms with van der Waals surface area (Å²) in [5, 5.41) is 4.76. The van der Waals surface area contributed by atoms with Gasteiger partial charge in [0.2, 0.25) is 0 Å². The predicted octanol–water partition coefficient (Wildman–Crippen LogP) is 3.98. The minimum atomic E-state index is 0.581. The third kappa shape index (κ3) is 1.90. The van der Waals surface area contributed by atoms with Crippen molar-refractivity contribution in [3.05, 3.63) is 17.0 Å². The van der Waals surface area contributed by atoms with E-state index in [2.05, 4.69) is 39.3 Å². The maximum Gasteiger partial charge on any atom is 0.0625 e. The normalized spacial score (nSPS) is 25.6. The predicted molar refractivity (Wildman–Crippen MR) is 67.8 cm³/mol. The first kappa shape index (κ1) is 11.7. The van der Waals surface area contributed by atoms with Crippen molar-refractivity contribution >= 4 is 0 Å². The standard InChI is InChI=1S/C14H24N2/c1-9(2)14-11(4)12(5)15-16(14)13-7-6-10(3)8-13/h9-10,13H,6-8H2,1-5H3. The van der Waals surface area contributed by atoms with Gasteiger partial charge in [0, 0.05) is 5.69 Å². The van der Waals surface area contributed by atoms with E-state index in [9.17, 15) is 0 Å². The van der Waals surface area contributed by atoms with Crippen LogP contribution in [-0.2, 0) is 0 Å². The van der Waals surface area contributed by atoms with Crippen LogP contribution in [0.3, 0.4) is 0 Å². The lowest BCUT2D eigenvalue weighted by Gasteiger charge is -2.17. The molecule has 1 heterocycles. The Kier molecular flexibility index (Phi) is 3.09. The fraction of sp³-hybridized carbons (Fsp3) is 0.786. The topological polar surface area (TPSA) is 17.8 Å². The molecule has 1 aromatic rings. The first-order valence-corrected chi connectivity index (χ1v) is 6.56. The van der Waals surface area contributed by atoms with Crippen LogP contribution in [0.25, 0.3) is 0 Å². The second kappa shape index (κ2) is 4.23. The van der Waals surface area contributed by atoms with E-state index in [1.165, 1.54) is 36.2 Å². The minimum absolute atomic E-state index is 0.581. The maximum atomic E-state index is 4.76. The van der Waals surface area contributed by atoms with Gasteiger partial charge in [-0.05, 0) is 50.5 Å². The van der Waals surface area contributed by atoms with E-state index < -0.39 is 0 Å². The average Bonchev–Trinajstić information content (AvgIpc) is 2.73. The van der Waals surface area contributed by atoms with Gasteiger partial charge in [-0.1, -0.05) is 20.8 Å². The van der Waals surface area contributed by atoms with Gasteiger partial charge < -0.3 is 0 Å². The lowest BCUT2D eigenvalue weighted by molar-refractivity contribution is 0.426. The molecule has 2 atom stereocenters. The number of hydrogen-bond acceptors (Lipinski definition) is 1. The number of nitrogens with zero attached hydrogens (tertiary/aromatic N) is 2. The smallest absolute Gasteiger partial charge is 0.0625 e. The maximum absolute atomic E-state index is 4.76. The van der Waals surface area contributed by atoms with Crippen LogP contribution in [-0.4, -0.2) is 9.78 Å². The zero-order valence-electron chi connectivity index (χ0n) is 11.2. The molecule has 0 bridgehead atoms. The Hall–Kier alpha value is -0.790. The Morgan fingerprint density at radius 2 is 1.94 bits per heavy atom. The van der Waals surface area contributed by atoms with Crippen LogP contribution < -0.4 is 0 Å². The van der Waals surface area contributed by atoms with Gasteiger partial charge in [0.1, 0.15) is 0 Å². The fourth-order valence-electron chi connectivity index (χ4n) is 3.02. The molecular formula is C14H24N2. The van der Waals surface area contributed by atoms with Crippen LogP contribution in [0.5, 0.6) is 0 Å². The van der Waals surface area contributed by atoms with E-state index in [0.29, 0.717) is 12.0 Å². The summed E-state index contributed by atoms with van der Waals surface area (Å²) in [5.41, 5.74) is 4.06. The molecule has 2 heteroatoms. The highest BCUT2D eigenvalue weighted by Crippen LogP contribution is 2.36. The average molecular weight is 220 g/mol. The summed E-state index contributed by atoms with van der Waals surface area (Å²) < 4.78 is 2.33. The Morgan fingerprint density at radius 3 is 2.44 bits per heavy atom. The highest BCUT2D eigenvalue weighted by Gasteiger charge is 2.27. The molecule has 0 aliphatic heterocycles. The van der Waals surface area contributed by atoms with Crippen molar-refractivity contribution < 1.29 is 0 Å². The van der Waals surface area contributed by atoms with E-state index in [-0.39, 0.29) is 0 Å². The van der Waals surface area contributed by atoms with Crippen LogP contribution in [0.4, 0.5) is 0 Å². The van der Waals surface area contributed by atoms with E-state index >= 15 is 0 Å². The van der Waals surface area contributed by atoms with Gasteiger partial charge in [0.15, 0.2) is 0 Å². The monoisotopic (exact) mass is 220 g/mol. The summed E-state index contributed by atoms with van der Waals surface area (Å²) in [7, 11) is 0. The lowest BCUT2D eigenvalue weighted by Crippen LogP contribution is -2.12. The van der Waals surface area contributed by atoms with Crippen LogP contribution in [0.2, 0.25) is 0 Å². The first-order valence-electron chi connectivity index (χ1n) is 6.56. The molecule has 0 amide bonds. The van der Waals surface area contributed by atoms with E-state index in [4.69, 9.17) is 5.10 Å². The molecular weight excluding hydrogens is 196 g/mol. The van der Waals surface area contributed by atoms with Crippen molar-refractivity contribution in [2.45, 2.75) is 65.8 Å². The molecule has 0 radical (unpaired) electrons. The summed E-state index contributed by atoms with van der Waals surface area (Å²) in [4.78, 5) is 0. The summed E-state index contributed by atoms with van der Waals surface area (Å²) in [6, 6.07) is 0.653. The molecule has 16 heavy (non-hydrogen) atoms. The first-order chi connectivity index (χ1) is 7.50. The van der Waals surface area contributed by atoms with Crippen LogP contribution in [0, 0.1) is 19.8 Å². The van der Waals surface area contributed by atoms with Crippen molar-refractivity contribution in [1.82, 2.24) is 9.78 Å². The van der Waals surface area contributed by atoms with Crippen molar-refractivity contribution in [1.29, 1.82) is 0 Å². The van der Waals surface area contributed by atoms with Gasteiger partial charge in [0.25, 0.3) is 0 Å².